The summed E-state index contributed by atoms with van der Waals surface area (Å²) in [5.41, 5.74) is 0.830. The highest BCUT2D eigenvalue weighted by Crippen LogP contribution is 2.08. The molecule has 0 aromatic carbocycles. The van der Waals surface area contributed by atoms with Gasteiger partial charge in [-0.1, -0.05) is 19.9 Å². The Labute approximate surface area is 96.2 Å². The highest BCUT2D eigenvalue weighted by atomic mass is 16.6. The molecule has 0 atom stereocenters. The number of aromatic nitrogens is 1. The molecule has 1 rings (SSSR count). The first-order valence-corrected chi connectivity index (χ1v) is 5.35. The number of rotatable bonds is 3. The summed E-state index contributed by atoms with van der Waals surface area (Å²) < 4.78 is 5.13. The van der Waals surface area contributed by atoms with Crippen molar-refractivity contribution in [2.45, 2.75) is 20.8 Å². The van der Waals surface area contributed by atoms with Crippen LogP contribution in [0.4, 0.5) is 4.79 Å². The summed E-state index contributed by atoms with van der Waals surface area (Å²) in [6.45, 7) is 6.63. The minimum atomic E-state index is -0.369. The van der Waals surface area contributed by atoms with E-state index in [9.17, 15) is 4.79 Å². The van der Waals surface area contributed by atoms with E-state index in [1.54, 1.807) is 18.0 Å². The zero-order valence-electron chi connectivity index (χ0n) is 10.2. The van der Waals surface area contributed by atoms with E-state index < -0.39 is 0 Å². The minimum Gasteiger partial charge on any atom is -0.391 e. The van der Waals surface area contributed by atoms with Gasteiger partial charge in [0, 0.05) is 25.4 Å². The first kappa shape index (κ1) is 12.5. The lowest BCUT2D eigenvalue weighted by molar-refractivity contribution is 0.156. The second kappa shape index (κ2) is 5.49. The summed E-state index contributed by atoms with van der Waals surface area (Å²) in [5, 5.41) is 0. The van der Waals surface area contributed by atoms with Crippen LogP contribution < -0.4 is 4.74 Å². The molecule has 0 aliphatic rings. The number of carbonyl (C=O) groups is 1. The molecule has 1 aromatic heterocycles. The third kappa shape index (κ3) is 3.88. The number of ether oxygens (including phenoxy) is 1. The van der Waals surface area contributed by atoms with E-state index in [2.05, 4.69) is 18.8 Å². The van der Waals surface area contributed by atoms with Crippen LogP contribution in [-0.2, 0) is 0 Å². The highest BCUT2D eigenvalue weighted by molar-refractivity contribution is 5.69. The molecule has 1 heterocycles. The summed E-state index contributed by atoms with van der Waals surface area (Å²) in [5.74, 6) is 0.767. The Morgan fingerprint density at radius 2 is 2.19 bits per heavy atom. The maximum Gasteiger partial charge on any atom is 0.416 e. The average Bonchev–Trinajstić information content (AvgIpc) is 2.16. The first-order valence-electron chi connectivity index (χ1n) is 5.35. The Balaban J connectivity index is 2.57. The largest absolute Gasteiger partial charge is 0.416 e. The first-order chi connectivity index (χ1) is 7.49. The molecule has 0 spiro atoms. The molecule has 0 bridgehead atoms. The van der Waals surface area contributed by atoms with Crippen molar-refractivity contribution in [2.75, 3.05) is 13.6 Å². The third-order valence-electron chi connectivity index (χ3n) is 2.01. The van der Waals surface area contributed by atoms with Crippen molar-refractivity contribution in [1.82, 2.24) is 9.88 Å². The molecule has 88 valence electrons. The van der Waals surface area contributed by atoms with Gasteiger partial charge in [-0.3, -0.25) is 0 Å². The van der Waals surface area contributed by atoms with Crippen LogP contribution in [0.15, 0.2) is 18.2 Å². The molecule has 4 heteroatoms. The number of nitrogens with zero attached hydrogens (tertiary/aromatic N) is 2. The second-order valence-electron chi connectivity index (χ2n) is 4.26. The normalized spacial score (nSPS) is 10.3. The highest BCUT2D eigenvalue weighted by Gasteiger charge is 2.12. The monoisotopic (exact) mass is 222 g/mol. The molecule has 1 aromatic rings. The Morgan fingerprint density at radius 3 is 2.75 bits per heavy atom. The molecule has 0 fully saturated rings. The number of hydrogen-bond acceptors (Lipinski definition) is 3. The Morgan fingerprint density at radius 1 is 1.50 bits per heavy atom. The van der Waals surface area contributed by atoms with Crippen molar-refractivity contribution in [2.24, 2.45) is 5.92 Å². The zero-order chi connectivity index (χ0) is 12.1. The van der Waals surface area contributed by atoms with Gasteiger partial charge in [0.25, 0.3) is 0 Å². The van der Waals surface area contributed by atoms with E-state index in [0.717, 1.165) is 5.69 Å². The van der Waals surface area contributed by atoms with Crippen LogP contribution in [0.2, 0.25) is 0 Å². The number of amides is 1. The van der Waals surface area contributed by atoms with Crippen LogP contribution in [0.5, 0.6) is 5.88 Å². The van der Waals surface area contributed by atoms with Crippen LogP contribution in [0, 0.1) is 12.8 Å². The van der Waals surface area contributed by atoms with Gasteiger partial charge >= 0.3 is 6.09 Å². The van der Waals surface area contributed by atoms with Gasteiger partial charge in [0.1, 0.15) is 0 Å². The van der Waals surface area contributed by atoms with Crippen molar-refractivity contribution in [3.05, 3.63) is 23.9 Å². The fourth-order valence-electron chi connectivity index (χ4n) is 1.36. The number of hydrogen-bond donors (Lipinski definition) is 0. The Kier molecular flexibility index (Phi) is 4.28. The quantitative estimate of drug-likeness (QED) is 0.789. The summed E-state index contributed by atoms with van der Waals surface area (Å²) in [6, 6.07) is 5.34. The summed E-state index contributed by atoms with van der Waals surface area (Å²) in [6.07, 6.45) is -0.369. The van der Waals surface area contributed by atoms with Crippen molar-refractivity contribution in [1.29, 1.82) is 0 Å². The topological polar surface area (TPSA) is 42.4 Å². The standard InChI is InChI=1S/C12H18N2O2/c1-9(2)8-14(4)12(15)16-11-7-5-6-10(3)13-11/h5-7,9H,8H2,1-4H3. The van der Waals surface area contributed by atoms with Gasteiger partial charge in [-0.05, 0) is 18.9 Å². The van der Waals surface area contributed by atoms with Crippen molar-refractivity contribution >= 4 is 6.09 Å². The fraction of sp³-hybridized carbons (Fsp3) is 0.500. The summed E-state index contributed by atoms with van der Waals surface area (Å²) >= 11 is 0. The van der Waals surface area contributed by atoms with Crippen molar-refractivity contribution < 1.29 is 9.53 Å². The maximum absolute atomic E-state index is 11.6. The lowest BCUT2D eigenvalue weighted by Crippen LogP contribution is -2.32. The van der Waals surface area contributed by atoms with Gasteiger partial charge in [0.15, 0.2) is 0 Å². The molecule has 1 amide bonds. The van der Waals surface area contributed by atoms with E-state index in [-0.39, 0.29) is 6.09 Å². The molecular formula is C12H18N2O2. The van der Waals surface area contributed by atoms with E-state index >= 15 is 0 Å². The van der Waals surface area contributed by atoms with Gasteiger partial charge in [0.2, 0.25) is 5.88 Å². The smallest absolute Gasteiger partial charge is 0.391 e. The van der Waals surface area contributed by atoms with Gasteiger partial charge in [-0.25, -0.2) is 9.78 Å². The molecule has 0 N–H and O–H groups in total. The van der Waals surface area contributed by atoms with Gasteiger partial charge in [-0.2, -0.15) is 0 Å². The van der Waals surface area contributed by atoms with Crippen LogP contribution >= 0.6 is 0 Å². The summed E-state index contributed by atoms with van der Waals surface area (Å²) in [7, 11) is 1.72. The predicted molar refractivity (Wildman–Crippen MR) is 62.5 cm³/mol. The average molecular weight is 222 g/mol. The molecular weight excluding hydrogens is 204 g/mol. The molecule has 0 aliphatic carbocycles. The van der Waals surface area contributed by atoms with Gasteiger partial charge in [-0.15, -0.1) is 0 Å². The third-order valence-corrected chi connectivity index (χ3v) is 2.01. The maximum atomic E-state index is 11.6. The van der Waals surface area contributed by atoms with Gasteiger partial charge < -0.3 is 9.64 Å². The fourth-order valence-corrected chi connectivity index (χ4v) is 1.36. The molecule has 0 saturated carbocycles. The molecule has 0 unspecified atom stereocenters. The van der Waals surface area contributed by atoms with Crippen LogP contribution in [0.3, 0.4) is 0 Å². The van der Waals surface area contributed by atoms with Crippen LogP contribution in [0.25, 0.3) is 0 Å². The van der Waals surface area contributed by atoms with Crippen molar-refractivity contribution in [3.8, 4) is 5.88 Å². The second-order valence-corrected chi connectivity index (χ2v) is 4.26. The zero-order valence-corrected chi connectivity index (χ0v) is 10.2. The van der Waals surface area contributed by atoms with E-state index in [4.69, 9.17) is 4.74 Å². The number of carbonyl (C=O) groups excluding carboxylic acids is 1. The van der Waals surface area contributed by atoms with Crippen LogP contribution in [-0.4, -0.2) is 29.6 Å². The Bertz CT molecular complexity index is 364. The molecule has 16 heavy (non-hydrogen) atoms. The molecule has 0 aliphatic heterocycles. The van der Waals surface area contributed by atoms with E-state index in [1.807, 2.05) is 19.1 Å². The lowest BCUT2D eigenvalue weighted by atomic mass is 10.2. The van der Waals surface area contributed by atoms with E-state index in [1.165, 1.54) is 0 Å². The molecule has 4 nitrogen and oxygen atoms in total. The van der Waals surface area contributed by atoms with Gasteiger partial charge in [0.05, 0.1) is 0 Å². The predicted octanol–water partition coefficient (Wildman–Crippen LogP) is 2.48. The minimum absolute atomic E-state index is 0.348. The van der Waals surface area contributed by atoms with Crippen molar-refractivity contribution in [3.63, 3.8) is 0 Å². The molecule has 0 saturated heterocycles. The molecule has 0 radical (unpaired) electrons. The van der Waals surface area contributed by atoms with E-state index in [0.29, 0.717) is 18.3 Å². The lowest BCUT2D eigenvalue weighted by Gasteiger charge is -2.18. The number of aryl methyl sites for hydroxylation is 1. The summed E-state index contributed by atoms with van der Waals surface area (Å²) in [4.78, 5) is 17.3. The number of pyridine rings is 1. The van der Waals surface area contributed by atoms with Crippen LogP contribution in [0.1, 0.15) is 19.5 Å². The SMILES string of the molecule is Cc1cccc(OC(=O)N(C)CC(C)C)n1. The Hall–Kier alpha value is -1.58.